The van der Waals surface area contributed by atoms with Crippen LogP contribution in [-0.4, -0.2) is 39.8 Å². The predicted molar refractivity (Wildman–Crippen MR) is 103 cm³/mol. The summed E-state index contributed by atoms with van der Waals surface area (Å²) in [5.74, 6) is 0.891. The van der Waals surface area contributed by atoms with Gasteiger partial charge in [-0.2, -0.15) is 0 Å². The molecular weight excluding hydrogens is 328 g/mol. The lowest BCUT2D eigenvalue weighted by Gasteiger charge is -2.31. The van der Waals surface area contributed by atoms with Crippen LogP contribution < -0.4 is 19.7 Å². The lowest BCUT2D eigenvalue weighted by atomic mass is 10.0. The summed E-state index contributed by atoms with van der Waals surface area (Å²) < 4.78 is 10.6. The molecular formula is C21H26N2O3. The molecule has 1 aliphatic rings. The molecule has 0 saturated heterocycles. The fraction of sp³-hybridized carbons (Fsp3) is 0.381. The minimum Gasteiger partial charge on any atom is -0.493 e. The van der Waals surface area contributed by atoms with Crippen molar-refractivity contribution < 1.29 is 14.3 Å². The Bertz CT molecular complexity index is 761. The summed E-state index contributed by atoms with van der Waals surface area (Å²) in [5.41, 5.74) is 3.25. The van der Waals surface area contributed by atoms with Crippen LogP contribution in [0.1, 0.15) is 28.8 Å². The molecule has 2 aromatic rings. The van der Waals surface area contributed by atoms with Crippen molar-refractivity contribution in [2.24, 2.45) is 0 Å². The predicted octanol–water partition coefficient (Wildman–Crippen LogP) is 3.28. The zero-order chi connectivity index (χ0) is 18.4. The minimum absolute atomic E-state index is 0.139. The second-order valence-electron chi connectivity index (χ2n) is 6.37. The number of ether oxygens (including phenoxy) is 2. The SMILES string of the molecule is COc1cccc(C(=O)NCCCN2CCCc3ccccc32)c1OC. The van der Waals surface area contributed by atoms with Crippen molar-refractivity contribution in [3.8, 4) is 11.5 Å². The highest BCUT2D eigenvalue weighted by Gasteiger charge is 2.17. The molecule has 0 saturated carbocycles. The van der Waals surface area contributed by atoms with Crippen LogP contribution in [0.3, 0.4) is 0 Å². The number of benzene rings is 2. The van der Waals surface area contributed by atoms with Crippen molar-refractivity contribution in [1.82, 2.24) is 5.32 Å². The molecule has 0 aromatic heterocycles. The van der Waals surface area contributed by atoms with Crippen molar-refractivity contribution in [2.75, 3.05) is 38.8 Å². The first kappa shape index (κ1) is 18.1. The van der Waals surface area contributed by atoms with E-state index < -0.39 is 0 Å². The average Bonchev–Trinajstić information content (AvgIpc) is 2.70. The van der Waals surface area contributed by atoms with E-state index >= 15 is 0 Å². The first-order chi connectivity index (χ1) is 12.7. The summed E-state index contributed by atoms with van der Waals surface area (Å²) in [7, 11) is 3.11. The van der Waals surface area contributed by atoms with Gasteiger partial charge in [-0.1, -0.05) is 24.3 Å². The molecule has 1 N–H and O–H groups in total. The van der Waals surface area contributed by atoms with Gasteiger partial charge in [-0.3, -0.25) is 4.79 Å². The van der Waals surface area contributed by atoms with E-state index in [-0.39, 0.29) is 5.91 Å². The van der Waals surface area contributed by atoms with E-state index in [0.717, 1.165) is 25.9 Å². The third kappa shape index (κ3) is 3.93. The standard InChI is InChI=1S/C21H26N2O3/c1-25-19-12-5-10-17(20(19)26-2)21(24)22-13-7-15-23-14-6-9-16-8-3-4-11-18(16)23/h3-5,8,10-12H,6-7,9,13-15H2,1-2H3,(H,22,24). The topological polar surface area (TPSA) is 50.8 Å². The fourth-order valence-electron chi connectivity index (χ4n) is 3.48. The summed E-state index contributed by atoms with van der Waals surface area (Å²) in [6.45, 7) is 2.64. The lowest BCUT2D eigenvalue weighted by molar-refractivity contribution is 0.0949. The molecule has 0 atom stereocenters. The molecule has 1 aliphatic heterocycles. The Hall–Kier alpha value is -2.69. The van der Waals surface area contributed by atoms with Crippen LogP contribution in [0.25, 0.3) is 0 Å². The van der Waals surface area contributed by atoms with E-state index in [1.54, 1.807) is 32.4 Å². The highest BCUT2D eigenvalue weighted by Crippen LogP contribution is 2.30. The number of carbonyl (C=O) groups excluding carboxylic acids is 1. The van der Waals surface area contributed by atoms with E-state index in [4.69, 9.17) is 9.47 Å². The molecule has 0 fully saturated rings. The number of aryl methyl sites for hydroxylation is 1. The Labute approximate surface area is 154 Å². The van der Waals surface area contributed by atoms with E-state index in [1.807, 2.05) is 0 Å². The van der Waals surface area contributed by atoms with Crippen LogP contribution in [0.2, 0.25) is 0 Å². The highest BCUT2D eigenvalue weighted by atomic mass is 16.5. The quantitative estimate of drug-likeness (QED) is 0.776. The third-order valence-corrected chi connectivity index (χ3v) is 4.74. The molecule has 5 nitrogen and oxygen atoms in total. The smallest absolute Gasteiger partial charge is 0.255 e. The summed E-state index contributed by atoms with van der Waals surface area (Å²) in [6.07, 6.45) is 3.23. The second kappa shape index (κ2) is 8.61. The molecule has 138 valence electrons. The number of hydrogen-bond acceptors (Lipinski definition) is 4. The Morgan fingerprint density at radius 2 is 1.96 bits per heavy atom. The van der Waals surface area contributed by atoms with E-state index in [0.29, 0.717) is 23.6 Å². The van der Waals surface area contributed by atoms with Gasteiger partial charge in [-0.25, -0.2) is 0 Å². The number of fused-ring (bicyclic) bond motifs is 1. The molecule has 0 aliphatic carbocycles. The summed E-state index contributed by atoms with van der Waals surface area (Å²) >= 11 is 0. The molecule has 3 rings (SSSR count). The summed E-state index contributed by atoms with van der Waals surface area (Å²) in [5, 5.41) is 2.99. The fourth-order valence-corrected chi connectivity index (χ4v) is 3.48. The Morgan fingerprint density at radius 3 is 2.77 bits per heavy atom. The average molecular weight is 354 g/mol. The van der Waals surface area contributed by atoms with E-state index in [9.17, 15) is 4.79 Å². The largest absolute Gasteiger partial charge is 0.493 e. The summed E-state index contributed by atoms with van der Waals surface area (Å²) in [4.78, 5) is 14.9. The monoisotopic (exact) mass is 354 g/mol. The second-order valence-corrected chi connectivity index (χ2v) is 6.37. The van der Waals surface area contributed by atoms with Crippen LogP contribution in [-0.2, 0) is 6.42 Å². The number of hydrogen-bond donors (Lipinski definition) is 1. The Balaban J connectivity index is 1.54. The number of para-hydroxylation sites is 2. The number of methoxy groups -OCH3 is 2. The van der Waals surface area contributed by atoms with Gasteiger partial charge in [-0.15, -0.1) is 0 Å². The third-order valence-electron chi connectivity index (χ3n) is 4.74. The molecule has 0 bridgehead atoms. The van der Waals surface area contributed by atoms with Crippen LogP contribution in [0.4, 0.5) is 5.69 Å². The van der Waals surface area contributed by atoms with Crippen molar-refractivity contribution >= 4 is 11.6 Å². The normalized spacial score (nSPS) is 13.1. The lowest BCUT2D eigenvalue weighted by Crippen LogP contribution is -2.33. The first-order valence-electron chi connectivity index (χ1n) is 9.06. The number of nitrogens with zero attached hydrogens (tertiary/aromatic N) is 1. The molecule has 2 aromatic carbocycles. The van der Waals surface area contributed by atoms with Crippen LogP contribution in [0.15, 0.2) is 42.5 Å². The molecule has 5 heteroatoms. The van der Waals surface area contributed by atoms with Gasteiger partial charge in [0.05, 0.1) is 19.8 Å². The van der Waals surface area contributed by atoms with Crippen LogP contribution in [0.5, 0.6) is 11.5 Å². The van der Waals surface area contributed by atoms with Crippen molar-refractivity contribution in [3.63, 3.8) is 0 Å². The minimum atomic E-state index is -0.139. The Morgan fingerprint density at radius 1 is 1.12 bits per heavy atom. The zero-order valence-corrected chi connectivity index (χ0v) is 15.5. The molecule has 0 spiro atoms. The number of amides is 1. The zero-order valence-electron chi connectivity index (χ0n) is 15.5. The number of carbonyl (C=O) groups is 1. The van der Waals surface area contributed by atoms with Gasteiger partial charge in [0, 0.05) is 25.3 Å². The number of nitrogens with one attached hydrogen (secondary N) is 1. The molecule has 1 amide bonds. The first-order valence-corrected chi connectivity index (χ1v) is 9.06. The van der Waals surface area contributed by atoms with Crippen LogP contribution >= 0.6 is 0 Å². The van der Waals surface area contributed by atoms with Gasteiger partial charge in [0.25, 0.3) is 5.91 Å². The number of rotatable bonds is 7. The van der Waals surface area contributed by atoms with E-state index in [1.165, 1.54) is 17.7 Å². The van der Waals surface area contributed by atoms with Crippen LogP contribution in [0, 0.1) is 0 Å². The maximum atomic E-state index is 12.5. The maximum absolute atomic E-state index is 12.5. The van der Waals surface area contributed by atoms with Gasteiger partial charge in [0.1, 0.15) is 0 Å². The van der Waals surface area contributed by atoms with E-state index in [2.05, 4.69) is 34.5 Å². The molecule has 26 heavy (non-hydrogen) atoms. The summed E-state index contributed by atoms with van der Waals surface area (Å²) in [6, 6.07) is 13.9. The van der Waals surface area contributed by atoms with Gasteiger partial charge in [0.2, 0.25) is 0 Å². The van der Waals surface area contributed by atoms with Gasteiger partial charge in [0.15, 0.2) is 11.5 Å². The Kier molecular flexibility index (Phi) is 6.00. The molecule has 0 unspecified atom stereocenters. The number of anilines is 1. The van der Waals surface area contributed by atoms with Gasteiger partial charge < -0.3 is 19.7 Å². The van der Waals surface area contributed by atoms with Crippen molar-refractivity contribution in [3.05, 3.63) is 53.6 Å². The van der Waals surface area contributed by atoms with Crippen molar-refractivity contribution in [2.45, 2.75) is 19.3 Å². The van der Waals surface area contributed by atoms with Gasteiger partial charge in [-0.05, 0) is 43.0 Å². The molecule has 1 heterocycles. The van der Waals surface area contributed by atoms with Gasteiger partial charge >= 0.3 is 0 Å². The maximum Gasteiger partial charge on any atom is 0.255 e. The highest BCUT2D eigenvalue weighted by molar-refractivity contribution is 5.97. The van der Waals surface area contributed by atoms with Crippen molar-refractivity contribution in [1.29, 1.82) is 0 Å². The molecule has 0 radical (unpaired) electrons.